The molecule has 2 rings (SSSR count). The lowest BCUT2D eigenvalue weighted by atomic mass is 9.92. The third-order valence-electron chi connectivity index (χ3n) is 3.65. The van der Waals surface area contributed by atoms with Crippen LogP contribution >= 0.6 is 11.3 Å². The number of allylic oxidation sites excluding steroid dienone is 3. The lowest BCUT2D eigenvalue weighted by Gasteiger charge is -2.18. The number of thiophene rings is 1. The zero-order chi connectivity index (χ0) is 13.3. The van der Waals surface area contributed by atoms with Crippen LogP contribution in [0.3, 0.4) is 0 Å². The molecule has 1 nitrogen and oxygen atoms in total. The first kappa shape index (κ1) is 13.3. The molecule has 1 heterocycles. The molecule has 0 spiro atoms. The fourth-order valence-electron chi connectivity index (χ4n) is 2.23. The summed E-state index contributed by atoms with van der Waals surface area (Å²) in [6.07, 6.45) is 2.34. The van der Waals surface area contributed by atoms with Crippen molar-refractivity contribution in [1.82, 2.24) is 0 Å². The quantitative estimate of drug-likeness (QED) is 0.642. The molecule has 1 aliphatic rings. The number of aliphatic imine (C=N–C) groups is 1. The van der Waals surface area contributed by atoms with Gasteiger partial charge in [0, 0.05) is 9.75 Å². The van der Waals surface area contributed by atoms with E-state index in [4.69, 9.17) is 4.99 Å². The second kappa shape index (κ2) is 5.23. The molecule has 0 unspecified atom stereocenters. The summed E-state index contributed by atoms with van der Waals surface area (Å²) >= 11 is 1.82. The fraction of sp³-hybridized carbons (Fsp3) is 0.438. The van der Waals surface area contributed by atoms with Crippen molar-refractivity contribution in [3.63, 3.8) is 0 Å². The van der Waals surface area contributed by atoms with Gasteiger partial charge < -0.3 is 0 Å². The minimum absolute atomic E-state index is 1.14. The molecule has 0 atom stereocenters. The minimum atomic E-state index is 1.14. The predicted molar refractivity (Wildman–Crippen MR) is 81.6 cm³/mol. The molecule has 0 saturated carbocycles. The van der Waals surface area contributed by atoms with Crippen LogP contribution in [0.5, 0.6) is 0 Å². The van der Waals surface area contributed by atoms with E-state index < -0.39 is 0 Å². The van der Waals surface area contributed by atoms with Crippen molar-refractivity contribution < 1.29 is 0 Å². The molecule has 2 heteroatoms. The Balaban J connectivity index is 2.38. The van der Waals surface area contributed by atoms with E-state index in [9.17, 15) is 0 Å². The molecule has 18 heavy (non-hydrogen) atoms. The Morgan fingerprint density at radius 3 is 2.33 bits per heavy atom. The first-order valence-corrected chi connectivity index (χ1v) is 7.29. The first-order valence-electron chi connectivity index (χ1n) is 6.47. The Morgan fingerprint density at radius 1 is 1.06 bits per heavy atom. The van der Waals surface area contributed by atoms with Crippen LogP contribution in [0.15, 0.2) is 39.5 Å². The minimum Gasteiger partial charge on any atom is -0.252 e. The van der Waals surface area contributed by atoms with Crippen molar-refractivity contribution in [1.29, 1.82) is 0 Å². The van der Waals surface area contributed by atoms with Crippen molar-refractivity contribution in [2.24, 2.45) is 4.99 Å². The van der Waals surface area contributed by atoms with Crippen molar-refractivity contribution in [2.45, 2.75) is 47.5 Å². The summed E-state index contributed by atoms with van der Waals surface area (Å²) < 4.78 is 0. The summed E-state index contributed by atoms with van der Waals surface area (Å²) in [6, 6.07) is 4.33. The third kappa shape index (κ3) is 2.64. The largest absolute Gasteiger partial charge is 0.252 e. The summed E-state index contributed by atoms with van der Waals surface area (Å²) in [5, 5.41) is 0. The highest BCUT2D eigenvalue weighted by molar-refractivity contribution is 7.14. The molecule has 0 saturated heterocycles. The highest BCUT2D eigenvalue weighted by Crippen LogP contribution is 2.31. The molecule has 0 amide bonds. The molecule has 96 valence electrons. The average Bonchev–Trinajstić information content (AvgIpc) is 2.76. The molecule has 0 fully saturated rings. The van der Waals surface area contributed by atoms with E-state index in [-0.39, 0.29) is 0 Å². The molecule has 0 bridgehead atoms. The van der Waals surface area contributed by atoms with E-state index in [1.807, 2.05) is 11.3 Å². The molecule has 0 aromatic carbocycles. The summed E-state index contributed by atoms with van der Waals surface area (Å²) in [7, 11) is 0. The molecule has 1 aromatic heterocycles. The number of hydrogen-bond donors (Lipinski definition) is 0. The van der Waals surface area contributed by atoms with Crippen LogP contribution in [0.4, 0.5) is 0 Å². The maximum atomic E-state index is 4.88. The van der Waals surface area contributed by atoms with Crippen molar-refractivity contribution in [2.75, 3.05) is 0 Å². The van der Waals surface area contributed by atoms with Crippen molar-refractivity contribution >= 4 is 17.0 Å². The molecule has 1 aromatic rings. The van der Waals surface area contributed by atoms with Gasteiger partial charge in [-0.05, 0) is 70.7 Å². The molecule has 0 aliphatic heterocycles. The zero-order valence-electron chi connectivity index (χ0n) is 11.9. The Bertz CT molecular complexity index is 555. The number of hydrogen-bond acceptors (Lipinski definition) is 2. The van der Waals surface area contributed by atoms with E-state index in [1.165, 1.54) is 38.6 Å². The van der Waals surface area contributed by atoms with Crippen LogP contribution in [-0.2, 0) is 0 Å². The maximum Gasteiger partial charge on any atom is 0.0651 e. The van der Waals surface area contributed by atoms with Gasteiger partial charge in [-0.1, -0.05) is 5.57 Å². The molecular formula is C16H21NS. The smallest absolute Gasteiger partial charge is 0.0651 e. The summed E-state index contributed by atoms with van der Waals surface area (Å²) in [5.41, 5.74) is 6.62. The van der Waals surface area contributed by atoms with Crippen molar-refractivity contribution in [3.05, 3.63) is 44.3 Å². The van der Waals surface area contributed by atoms with Gasteiger partial charge in [0.15, 0.2) is 0 Å². The van der Waals surface area contributed by atoms with E-state index >= 15 is 0 Å². The van der Waals surface area contributed by atoms with Gasteiger partial charge in [-0.2, -0.15) is 0 Å². The second-order valence-electron chi connectivity index (χ2n) is 5.14. The Hall–Kier alpha value is -1.15. The monoisotopic (exact) mass is 259 g/mol. The van der Waals surface area contributed by atoms with Crippen LogP contribution in [-0.4, -0.2) is 5.71 Å². The van der Waals surface area contributed by atoms with Gasteiger partial charge in [0.25, 0.3) is 0 Å². The maximum absolute atomic E-state index is 4.88. The predicted octanol–water partition coefficient (Wildman–Crippen LogP) is 5.27. The normalized spacial score (nSPS) is 17.7. The molecule has 1 aliphatic carbocycles. The van der Waals surface area contributed by atoms with Crippen LogP contribution in [0, 0.1) is 6.92 Å². The van der Waals surface area contributed by atoms with Gasteiger partial charge in [-0.25, -0.2) is 0 Å². The molecular weight excluding hydrogens is 238 g/mol. The lowest BCUT2D eigenvalue weighted by Crippen LogP contribution is -2.02. The van der Waals surface area contributed by atoms with Crippen LogP contribution < -0.4 is 0 Å². The summed E-state index contributed by atoms with van der Waals surface area (Å²) in [5.74, 6) is 0. The SMILES string of the molecule is CC(=NC1=C(C)CCC(C)=C1C)c1ccc(C)s1. The van der Waals surface area contributed by atoms with Gasteiger partial charge in [0.2, 0.25) is 0 Å². The topological polar surface area (TPSA) is 12.4 Å². The molecule has 0 N–H and O–H groups in total. The Kier molecular flexibility index (Phi) is 3.86. The van der Waals surface area contributed by atoms with Gasteiger partial charge in [-0.15, -0.1) is 11.3 Å². The van der Waals surface area contributed by atoms with Crippen LogP contribution in [0.1, 0.15) is 50.3 Å². The summed E-state index contributed by atoms with van der Waals surface area (Å²) in [6.45, 7) is 10.9. The van der Waals surface area contributed by atoms with Gasteiger partial charge in [0.05, 0.1) is 11.4 Å². The lowest BCUT2D eigenvalue weighted by molar-refractivity contribution is 0.858. The van der Waals surface area contributed by atoms with Gasteiger partial charge >= 0.3 is 0 Å². The Labute approximate surface area is 114 Å². The number of aryl methyl sites for hydroxylation is 1. The first-order chi connectivity index (χ1) is 8.49. The standard InChI is InChI=1S/C16H21NS/c1-10-6-7-11(2)16(13(10)4)17-14(5)15-9-8-12(3)18-15/h8-9H,6-7H2,1-5H3. The Morgan fingerprint density at radius 2 is 1.72 bits per heavy atom. The van der Waals surface area contributed by atoms with E-state index in [0.29, 0.717) is 0 Å². The molecule has 0 radical (unpaired) electrons. The number of nitrogens with zero attached hydrogens (tertiary/aromatic N) is 1. The van der Waals surface area contributed by atoms with Gasteiger partial charge in [-0.3, -0.25) is 4.99 Å². The van der Waals surface area contributed by atoms with Gasteiger partial charge in [0.1, 0.15) is 0 Å². The van der Waals surface area contributed by atoms with Crippen LogP contribution in [0.25, 0.3) is 0 Å². The average molecular weight is 259 g/mol. The van der Waals surface area contributed by atoms with Crippen molar-refractivity contribution in [3.8, 4) is 0 Å². The highest BCUT2D eigenvalue weighted by Gasteiger charge is 2.14. The number of rotatable bonds is 2. The fourth-order valence-corrected chi connectivity index (χ4v) is 3.05. The highest BCUT2D eigenvalue weighted by atomic mass is 32.1. The van der Waals surface area contributed by atoms with Crippen LogP contribution in [0.2, 0.25) is 0 Å². The summed E-state index contributed by atoms with van der Waals surface area (Å²) in [4.78, 5) is 7.51. The zero-order valence-corrected chi connectivity index (χ0v) is 12.7. The van der Waals surface area contributed by atoms with E-state index in [0.717, 1.165) is 12.1 Å². The third-order valence-corrected chi connectivity index (χ3v) is 4.76. The van der Waals surface area contributed by atoms with E-state index in [1.54, 1.807) is 0 Å². The van der Waals surface area contributed by atoms with E-state index in [2.05, 4.69) is 46.8 Å². The second-order valence-corrected chi connectivity index (χ2v) is 6.43.